The molecule has 0 aliphatic carbocycles. The molecular weight excluding hydrogens is 228 g/mol. The van der Waals surface area contributed by atoms with Crippen LogP contribution in [0.4, 0.5) is 0 Å². The first kappa shape index (κ1) is 19.9. The molecule has 0 radical (unpaired) electrons. The van der Waals surface area contributed by atoms with Crippen LogP contribution in [0.5, 0.6) is 0 Å². The summed E-state index contributed by atoms with van der Waals surface area (Å²) in [4.78, 5) is 20.1. The summed E-state index contributed by atoms with van der Waals surface area (Å²) >= 11 is 0. The lowest BCUT2D eigenvalue weighted by molar-refractivity contribution is -0.295. The molecule has 3 nitrogen and oxygen atoms in total. The Bertz CT molecular complexity index is 142. The Morgan fingerprint density at radius 3 is 1.33 bits per heavy atom. The van der Waals surface area contributed by atoms with Crippen LogP contribution in [0.2, 0.25) is 0 Å². The number of unbranched alkanes of at least 4 members (excludes halogenated alkanes) is 4. The average molecular weight is 260 g/mol. The van der Waals surface area contributed by atoms with Crippen molar-refractivity contribution in [2.24, 2.45) is 0 Å². The maximum Gasteiger partial charge on any atom is 0.132 e. The van der Waals surface area contributed by atoms with Crippen molar-refractivity contribution in [1.29, 1.82) is 0 Å². The van der Waals surface area contributed by atoms with Crippen LogP contribution in [0.15, 0.2) is 0 Å². The van der Waals surface area contributed by atoms with Gasteiger partial charge in [-0.1, -0.05) is 53.4 Å². The Balaban J connectivity index is 0. The quantitative estimate of drug-likeness (QED) is 0.307. The summed E-state index contributed by atoms with van der Waals surface area (Å²) in [7, 11) is 0. The highest BCUT2D eigenvalue weighted by Gasteiger charge is 1.89. The fraction of sp³-hybridized carbons (Fsp3) is 0.933. The fourth-order valence-electron chi connectivity index (χ4n) is 1.19. The second-order valence-corrected chi connectivity index (χ2v) is 4.30. The van der Waals surface area contributed by atoms with Crippen LogP contribution < -0.4 is 0 Å². The van der Waals surface area contributed by atoms with E-state index >= 15 is 0 Å². The van der Waals surface area contributed by atoms with Crippen molar-refractivity contribution in [3.63, 3.8) is 0 Å². The Morgan fingerprint density at radius 2 is 1.11 bits per heavy atom. The molecule has 0 atom stereocenters. The number of ketones is 1. The van der Waals surface area contributed by atoms with Crippen molar-refractivity contribution in [1.82, 2.24) is 0 Å². The molecule has 0 aromatic heterocycles. The minimum absolute atomic E-state index is 0.343. The second kappa shape index (κ2) is 18.9. The highest BCUT2D eigenvalue weighted by Crippen LogP contribution is 1.97. The number of Topliss-reactive ketones (excluding diaryl/α,β-unsaturated/α-hetero) is 1. The fourth-order valence-corrected chi connectivity index (χ4v) is 1.19. The Labute approximate surface area is 113 Å². The first-order valence-electron chi connectivity index (χ1n) is 7.48. The lowest BCUT2D eigenvalue weighted by Gasteiger charge is -2.02. The van der Waals surface area contributed by atoms with Crippen LogP contribution in [0, 0.1) is 0 Å². The maximum absolute atomic E-state index is 10.2. The predicted molar refractivity (Wildman–Crippen MR) is 76.5 cm³/mol. The lowest BCUT2D eigenvalue weighted by Crippen LogP contribution is -1.98. The van der Waals surface area contributed by atoms with E-state index in [1.54, 1.807) is 0 Å². The molecule has 0 heterocycles. The number of rotatable bonds is 11. The summed E-state index contributed by atoms with van der Waals surface area (Å²) in [5, 5.41) is 0. The molecule has 110 valence electrons. The van der Waals surface area contributed by atoms with Gasteiger partial charge in [-0.2, -0.15) is 0 Å². The molecule has 0 amide bonds. The SMILES string of the molecule is CCC(=O)CC.CCCCCOOCCCCC. The third kappa shape index (κ3) is 20.9. The average Bonchev–Trinajstić information content (AvgIpc) is 2.41. The van der Waals surface area contributed by atoms with E-state index in [-0.39, 0.29) is 0 Å². The first-order valence-corrected chi connectivity index (χ1v) is 7.48. The van der Waals surface area contributed by atoms with Gasteiger partial charge in [-0.3, -0.25) is 4.79 Å². The van der Waals surface area contributed by atoms with Gasteiger partial charge in [0.2, 0.25) is 0 Å². The van der Waals surface area contributed by atoms with Crippen LogP contribution in [0.1, 0.15) is 79.1 Å². The topological polar surface area (TPSA) is 35.5 Å². The third-order valence-corrected chi connectivity index (χ3v) is 2.53. The summed E-state index contributed by atoms with van der Waals surface area (Å²) in [5.41, 5.74) is 0. The van der Waals surface area contributed by atoms with E-state index < -0.39 is 0 Å². The molecule has 0 N–H and O–H groups in total. The molecule has 0 saturated carbocycles. The van der Waals surface area contributed by atoms with Crippen molar-refractivity contribution >= 4 is 5.78 Å². The van der Waals surface area contributed by atoms with Gasteiger partial charge in [0.25, 0.3) is 0 Å². The minimum atomic E-state index is 0.343. The smallest absolute Gasteiger partial charge is 0.132 e. The van der Waals surface area contributed by atoms with E-state index in [2.05, 4.69) is 13.8 Å². The minimum Gasteiger partial charge on any atom is -0.300 e. The van der Waals surface area contributed by atoms with Gasteiger partial charge < -0.3 is 0 Å². The van der Waals surface area contributed by atoms with Gasteiger partial charge in [0.1, 0.15) is 5.78 Å². The summed E-state index contributed by atoms with van der Waals surface area (Å²) in [6.07, 6.45) is 8.55. The van der Waals surface area contributed by atoms with Crippen molar-refractivity contribution in [2.75, 3.05) is 13.2 Å². The van der Waals surface area contributed by atoms with Gasteiger partial charge in [0.15, 0.2) is 0 Å². The second-order valence-electron chi connectivity index (χ2n) is 4.30. The zero-order valence-electron chi connectivity index (χ0n) is 12.8. The van der Waals surface area contributed by atoms with Crippen LogP contribution in [-0.4, -0.2) is 19.0 Å². The monoisotopic (exact) mass is 260 g/mol. The van der Waals surface area contributed by atoms with E-state index in [0.29, 0.717) is 18.6 Å². The highest BCUT2D eigenvalue weighted by atomic mass is 17.2. The Morgan fingerprint density at radius 1 is 0.722 bits per heavy atom. The standard InChI is InChI=1S/C10H22O2.C5H10O/c1-3-5-7-9-11-12-10-8-6-4-2;1-3-5(6)4-2/h3-10H2,1-2H3;3-4H2,1-2H3. The third-order valence-electron chi connectivity index (χ3n) is 2.53. The van der Waals surface area contributed by atoms with Crippen molar-refractivity contribution in [3.05, 3.63) is 0 Å². The maximum atomic E-state index is 10.2. The molecule has 0 spiro atoms. The van der Waals surface area contributed by atoms with Gasteiger partial charge in [0.05, 0.1) is 13.2 Å². The first-order chi connectivity index (χ1) is 8.72. The van der Waals surface area contributed by atoms with Gasteiger partial charge in [-0.15, -0.1) is 0 Å². The molecular formula is C15H32O3. The van der Waals surface area contributed by atoms with Crippen LogP contribution in [0.25, 0.3) is 0 Å². The number of carbonyl (C=O) groups excluding carboxylic acids is 1. The van der Waals surface area contributed by atoms with Crippen molar-refractivity contribution in [3.8, 4) is 0 Å². The summed E-state index contributed by atoms with van der Waals surface area (Å²) in [6.45, 7) is 9.63. The summed E-state index contributed by atoms with van der Waals surface area (Å²) in [6, 6.07) is 0. The molecule has 0 unspecified atom stereocenters. The van der Waals surface area contributed by atoms with E-state index in [1.807, 2.05) is 13.8 Å². The van der Waals surface area contributed by atoms with Crippen molar-refractivity contribution in [2.45, 2.75) is 79.1 Å². The van der Waals surface area contributed by atoms with E-state index in [1.165, 1.54) is 25.7 Å². The van der Waals surface area contributed by atoms with E-state index in [9.17, 15) is 4.79 Å². The molecule has 18 heavy (non-hydrogen) atoms. The van der Waals surface area contributed by atoms with Gasteiger partial charge in [-0.25, -0.2) is 9.78 Å². The van der Waals surface area contributed by atoms with Gasteiger partial charge in [0, 0.05) is 12.8 Å². The molecule has 0 rings (SSSR count). The van der Waals surface area contributed by atoms with E-state index in [0.717, 1.165) is 26.1 Å². The van der Waals surface area contributed by atoms with Crippen LogP contribution in [-0.2, 0) is 14.6 Å². The lowest BCUT2D eigenvalue weighted by atomic mass is 10.3. The molecule has 0 aliphatic rings. The normalized spacial score (nSPS) is 9.78. The Hall–Kier alpha value is -0.410. The zero-order chi connectivity index (χ0) is 14.1. The largest absolute Gasteiger partial charge is 0.300 e. The van der Waals surface area contributed by atoms with E-state index in [4.69, 9.17) is 9.78 Å². The van der Waals surface area contributed by atoms with Crippen LogP contribution in [0.3, 0.4) is 0 Å². The van der Waals surface area contributed by atoms with Gasteiger partial charge >= 0.3 is 0 Å². The molecule has 3 heteroatoms. The number of hydrogen-bond acceptors (Lipinski definition) is 3. The number of hydrogen-bond donors (Lipinski definition) is 0. The molecule has 0 bridgehead atoms. The molecule has 0 aromatic rings. The Kier molecular flexibility index (Phi) is 21.0. The highest BCUT2D eigenvalue weighted by molar-refractivity contribution is 5.77. The van der Waals surface area contributed by atoms with Gasteiger partial charge in [-0.05, 0) is 12.8 Å². The molecule has 0 aromatic carbocycles. The predicted octanol–water partition coefficient (Wildman–Crippen LogP) is 4.69. The van der Waals surface area contributed by atoms with Crippen LogP contribution >= 0.6 is 0 Å². The molecule has 0 fully saturated rings. The summed E-state index contributed by atoms with van der Waals surface area (Å²) < 4.78 is 0. The number of carbonyl (C=O) groups is 1. The van der Waals surface area contributed by atoms with Crippen molar-refractivity contribution < 1.29 is 14.6 Å². The molecule has 0 saturated heterocycles. The zero-order valence-corrected chi connectivity index (χ0v) is 12.8. The molecule has 0 aliphatic heterocycles. The summed E-state index contributed by atoms with van der Waals surface area (Å²) in [5.74, 6) is 0.343.